The molecule has 0 saturated carbocycles. The predicted molar refractivity (Wildman–Crippen MR) is 119 cm³/mol. The van der Waals surface area contributed by atoms with E-state index in [1.54, 1.807) is 18.2 Å². The first kappa shape index (κ1) is 22.7. The van der Waals surface area contributed by atoms with Gasteiger partial charge in [0.25, 0.3) is 0 Å². The van der Waals surface area contributed by atoms with Gasteiger partial charge in [0.1, 0.15) is 16.8 Å². The molecule has 1 aromatic heterocycles. The Labute approximate surface area is 189 Å². The van der Waals surface area contributed by atoms with Crippen LogP contribution in [-0.4, -0.2) is 45.2 Å². The van der Waals surface area contributed by atoms with Crippen molar-refractivity contribution in [1.82, 2.24) is 14.0 Å². The van der Waals surface area contributed by atoms with E-state index < -0.39 is 23.1 Å². The number of alkyl halides is 3. The summed E-state index contributed by atoms with van der Waals surface area (Å²) >= 11 is 1.43. The Morgan fingerprint density at radius 1 is 1.16 bits per heavy atom. The molecule has 0 radical (unpaired) electrons. The smallest absolute Gasteiger partial charge is 0.369 e. The Bertz CT molecular complexity index is 1150. The second kappa shape index (κ2) is 9.55. The molecular formula is C21H21F3N4O2S2. The lowest BCUT2D eigenvalue weighted by molar-refractivity contribution is -0.186. The molecule has 2 aromatic carbocycles. The van der Waals surface area contributed by atoms with Crippen LogP contribution in [0.1, 0.15) is 17.5 Å². The molecule has 0 saturated heterocycles. The molecule has 2 N–H and O–H groups in total. The fourth-order valence-corrected chi connectivity index (χ4v) is 5.25. The summed E-state index contributed by atoms with van der Waals surface area (Å²) in [5.41, 5.74) is 1.47. The van der Waals surface area contributed by atoms with Gasteiger partial charge >= 0.3 is 12.1 Å². The third-order valence-electron chi connectivity index (χ3n) is 5.19. The average Bonchev–Trinajstić information content (AvgIpc) is 3.20. The molecule has 6 nitrogen and oxygen atoms in total. The Morgan fingerprint density at radius 2 is 1.97 bits per heavy atom. The summed E-state index contributed by atoms with van der Waals surface area (Å²) < 4.78 is 59.2. The molecule has 1 unspecified atom stereocenters. The molecule has 0 fully saturated rings. The van der Waals surface area contributed by atoms with Gasteiger partial charge < -0.3 is 10.2 Å². The molecule has 1 aliphatic rings. The van der Waals surface area contributed by atoms with Gasteiger partial charge in [-0.05, 0) is 59.8 Å². The SMILES string of the molecule is O=C(N1CCc2ccc(S(=O)NCCCNc3nsc4ccccc34)cc2C1)C(F)(F)F. The van der Waals surface area contributed by atoms with Crippen molar-refractivity contribution >= 4 is 44.3 Å². The molecule has 4 rings (SSSR count). The van der Waals surface area contributed by atoms with E-state index >= 15 is 0 Å². The van der Waals surface area contributed by atoms with E-state index in [-0.39, 0.29) is 13.1 Å². The highest BCUT2D eigenvalue weighted by Gasteiger charge is 2.43. The van der Waals surface area contributed by atoms with E-state index in [2.05, 4.69) is 14.4 Å². The van der Waals surface area contributed by atoms with Crippen LogP contribution in [0.3, 0.4) is 0 Å². The number of amides is 1. The Balaban J connectivity index is 1.28. The highest BCUT2D eigenvalue weighted by atomic mass is 32.2. The van der Waals surface area contributed by atoms with Crippen LogP contribution in [0.25, 0.3) is 10.1 Å². The first-order valence-corrected chi connectivity index (χ1v) is 12.0. The number of rotatable bonds is 7. The van der Waals surface area contributed by atoms with Crippen molar-refractivity contribution in [2.24, 2.45) is 0 Å². The molecule has 11 heteroatoms. The van der Waals surface area contributed by atoms with Crippen LogP contribution < -0.4 is 10.0 Å². The van der Waals surface area contributed by atoms with Gasteiger partial charge in [-0.2, -0.15) is 17.5 Å². The summed E-state index contributed by atoms with van der Waals surface area (Å²) in [6.45, 7) is 1.02. The number of aromatic nitrogens is 1. The van der Waals surface area contributed by atoms with E-state index in [1.807, 2.05) is 24.3 Å². The largest absolute Gasteiger partial charge is 0.471 e. The fourth-order valence-electron chi connectivity index (χ4n) is 3.56. The summed E-state index contributed by atoms with van der Waals surface area (Å²) in [5, 5.41) is 4.35. The number of nitrogens with one attached hydrogen (secondary N) is 2. The lowest BCUT2D eigenvalue weighted by atomic mass is 10.00. The van der Waals surface area contributed by atoms with Crippen LogP contribution in [0.4, 0.5) is 19.0 Å². The maximum Gasteiger partial charge on any atom is 0.471 e. The number of fused-ring (bicyclic) bond motifs is 2. The summed E-state index contributed by atoms with van der Waals surface area (Å²) in [6, 6.07) is 13.1. The molecule has 1 atom stereocenters. The van der Waals surface area contributed by atoms with Crippen molar-refractivity contribution < 1.29 is 22.2 Å². The molecule has 1 amide bonds. The topological polar surface area (TPSA) is 74.3 Å². The average molecular weight is 483 g/mol. The standard InChI is InChI=1S/C21H21F3N4O2S2/c22-21(23,24)20(29)28-11-8-14-6-7-16(12-15(14)13-28)32(30)26-10-3-9-25-19-17-4-1-2-5-18(17)31-27-19/h1-2,4-7,12,26H,3,8-11,13H2,(H,25,27). The van der Waals surface area contributed by atoms with Gasteiger partial charge in [-0.3, -0.25) is 4.79 Å². The molecule has 0 bridgehead atoms. The highest BCUT2D eigenvalue weighted by molar-refractivity contribution is 7.83. The second-order valence-electron chi connectivity index (χ2n) is 7.38. The zero-order chi connectivity index (χ0) is 22.7. The van der Waals surface area contributed by atoms with Gasteiger partial charge in [0.2, 0.25) is 0 Å². The van der Waals surface area contributed by atoms with Crippen molar-refractivity contribution in [3.8, 4) is 0 Å². The van der Waals surface area contributed by atoms with E-state index in [1.165, 1.54) is 11.5 Å². The number of halogens is 3. The highest BCUT2D eigenvalue weighted by Crippen LogP contribution is 2.27. The van der Waals surface area contributed by atoms with Crippen LogP contribution in [0.15, 0.2) is 47.4 Å². The van der Waals surface area contributed by atoms with E-state index in [4.69, 9.17) is 0 Å². The number of carbonyl (C=O) groups excluding carboxylic acids is 1. The van der Waals surface area contributed by atoms with Crippen LogP contribution in [0, 0.1) is 0 Å². The molecule has 32 heavy (non-hydrogen) atoms. The number of carbonyl (C=O) groups is 1. The van der Waals surface area contributed by atoms with Crippen molar-refractivity contribution in [2.45, 2.75) is 30.5 Å². The normalized spacial score (nSPS) is 14.9. The zero-order valence-electron chi connectivity index (χ0n) is 16.9. The van der Waals surface area contributed by atoms with Crippen LogP contribution in [0.5, 0.6) is 0 Å². The number of hydrogen-bond donors (Lipinski definition) is 2. The minimum atomic E-state index is -4.89. The van der Waals surface area contributed by atoms with Crippen molar-refractivity contribution in [1.29, 1.82) is 0 Å². The maximum atomic E-state index is 12.7. The summed E-state index contributed by atoms with van der Waals surface area (Å²) in [4.78, 5) is 12.8. The van der Waals surface area contributed by atoms with Crippen LogP contribution in [0.2, 0.25) is 0 Å². The monoisotopic (exact) mass is 482 g/mol. The third-order valence-corrected chi connectivity index (χ3v) is 7.17. The fraction of sp³-hybridized carbons (Fsp3) is 0.333. The number of benzene rings is 2. The number of nitrogens with zero attached hydrogens (tertiary/aromatic N) is 2. The van der Waals surface area contributed by atoms with Gasteiger partial charge in [-0.1, -0.05) is 18.2 Å². The number of hydrogen-bond acceptors (Lipinski definition) is 5. The van der Waals surface area contributed by atoms with Gasteiger partial charge in [-0.25, -0.2) is 8.93 Å². The first-order chi connectivity index (χ1) is 15.3. The summed E-state index contributed by atoms with van der Waals surface area (Å²) in [7, 11) is -1.50. The van der Waals surface area contributed by atoms with Gasteiger partial charge in [-0.15, -0.1) is 0 Å². The molecule has 3 aromatic rings. The summed E-state index contributed by atoms with van der Waals surface area (Å²) in [5.74, 6) is -1.01. The van der Waals surface area contributed by atoms with Crippen molar-refractivity contribution in [2.75, 3.05) is 25.0 Å². The van der Waals surface area contributed by atoms with Crippen LogP contribution in [-0.2, 0) is 28.7 Å². The van der Waals surface area contributed by atoms with Crippen molar-refractivity contribution in [3.63, 3.8) is 0 Å². The number of anilines is 1. The minimum Gasteiger partial charge on any atom is -0.369 e. The second-order valence-corrected chi connectivity index (χ2v) is 9.48. The van der Waals surface area contributed by atoms with Gasteiger partial charge in [0, 0.05) is 31.6 Å². The van der Waals surface area contributed by atoms with Crippen LogP contribution >= 0.6 is 11.5 Å². The van der Waals surface area contributed by atoms with Crippen molar-refractivity contribution in [3.05, 3.63) is 53.6 Å². The first-order valence-electron chi connectivity index (χ1n) is 10.0. The third kappa shape index (κ3) is 5.11. The Morgan fingerprint density at radius 3 is 2.78 bits per heavy atom. The van der Waals surface area contributed by atoms with E-state index in [9.17, 15) is 22.2 Å². The maximum absolute atomic E-state index is 12.7. The quantitative estimate of drug-likeness (QED) is 0.502. The minimum absolute atomic E-state index is 0.0211. The molecule has 0 spiro atoms. The molecule has 1 aliphatic heterocycles. The zero-order valence-corrected chi connectivity index (χ0v) is 18.6. The lowest BCUT2D eigenvalue weighted by Gasteiger charge is -2.29. The van der Waals surface area contributed by atoms with E-state index in [0.29, 0.717) is 36.4 Å². The molecule has 2 heterocycles. The molecule has 170 valence electrons. The van der Waals surface area contributed by atoms with Gasteiger partial charge in [0.05, 0.1) is 9.60 Å². The lowest BCUT2D eigenvalue weighted by Crippen LogP contribution is -2.43. The van der Waals surface area contributed by atoms with E-state index in [0.717, 1.165) is 26.4 Å². The Kier molecular flexibility index (Phi) is 6.77. The molecule has 0 aliphatic carbocycles. The van der Waals surface area contributed by atoms with Gasteiger partial charge in [0.15, 0.2) is 0 Å². The predicted octanol–water partition coefficient (Wildman–Crippen LogP) is 3.86. The summed E-state index contributed by atoms with van der Waals surface area (Å²) in [6.07, 6.45) is -3.84. The molecular weight excluding hydrogens is 461 g/mol. The Hall–Kier alpha value is -2.50.